The molecule has 2 aromatic rings. The predicted molar refractivity (Wildman–Crippen MR) is 110 cm³/mol. The molecule has 0 fully saturated rings. The van der Waals surface area contributed by atoms with Crippen molar-refractivity contribution in [3.63, 3.8) is 0 Å². The van der Waals surface area contributed by atoms with Crippen LogP contribution in [0.4, 0.5) is 4.39 Å². The van der Waals surface area contributed by atoms with Crippen molar-refractivity contribution in [2.75, 3.05) is 0 Å². The first kappa shape index (κ1) is 21.4. The number of rotatable bonds is 6. The first-order valence-corrected chi connectivity index (χ1v) is 9.18. The molecule has 0 spiro atoms. The number of nitrogen functional groups attached to an aromatic ring is 1. The lowest BCUT2D eigenvalue weighted by molar-refractivity contribution is 0.597. The highest BCUT2D eigenvalue weighted by molar-refractivity contribution is 5.94. The monoisotopic (exact) mass is 355 g/mol. The lowest BCUT2D eigenvalue weighted by Gasteiger charge is -2.07. The zero-order valence-electron chi connectivity index (χ0n) is 16.2. The van der Waals surface area contributed by atoms with E-state index in [-0.39, 0.29) is 11.7 Å². The largest absolute Gasteiger partial charge is 0.384 e. The molecule has 140 valence electrons. The molecule has 0 aliphatic carbocycles. The highest BCUT2D eigenvalue weighted by Gasteiger charge is 2.06. The zero-order valence-corrected chi connectivity index (χ0v) is 16.2. The van der Waals surface area contributed by atoms with E-state index >= 15 is 0 Å². The second kappa shape index (κ2) is 11.1. The van der Waals surface area contributed by atoms with Gasteiger partial charge in [-0.05, 0) is 36.8 Å². The van der Waals surface area contributed by atoms with Crippen LogP contribution in [-0.2, 0) is 6.54 Å². The number of benzene rings is 1. The highest BCUT2D eigenvalue weighted by Crippen LogP contribution is 2.11. The minimum absolute atomic E-state index is 0.126. The van der Waals surface area contributed by atoms with Gasteiger partial charge in [-0.1, -0.05) is 57.6 Å². The number of amidine groups is 1. The molecule has 1 aromatic carbocycles. The summed E-state index contributed by atoms with van der Waals surface area (Å²) in [6, 6.07) is 6.72. The molecular formula is C22H30FN3. The van der Waals surface area contributed by atoms with Gasteiger partial charge in [0.1, 0.15) is 11.7 Å². The maximum atomic E-state index is 14.3. The van der Waals surface area contributed by atoms with Crippen molar-refractivity contribution < 1.29 is 4.39 Å². The van der Waals surface area contributed by atoms with Gasteiger partial charge >= 0.3 is 0 Å². The van der Waals surface area contributed by atoms with Crippen LogP contribution >= 0.6 is 0 Å². The molecule has 26 heavy (non-hydrogen) atoms. The van der Waals surface area contributed by atoms with E-state index in [9.17, 15) is 4.39 Å². The topological polar surface area (TPSA) is 54.8 Å². The van der Waals surface area contributed by atoms with Gasteiger partial charge in [-0.25, -0.2) is 4.39 Å². The Morgan fingerprint density at radius 3 is 2.58 bits per heavy atom. The van der Waals surface area contributed by atoms with Crippen LogP contribution in [0.5, 0.6) is 0 Å². The van der Waals surface area contributed by atoms with Gasteiger partial charge in [-0.15, -0.1) is 0 Å². The lowest BCUT2D eigenvalue weighted by Crippen LogP contribution is -2.29. The SMILES string of the molecule is C/C=c1/ccn(Cc2ccc(C(=N)N)cc2F)/c1=C/C=C\CCC.CC. The van der Waals surface area contributed by atoms with Crippen molar-refractivity contribution in [2.45, 2.75) is 47.1 Å². The predicted octanol–water partition coefficient (Wildman–Crippen LogP) is 3.92. The van der Waals surface area contributed by atoms with Crippen LogP contribution in [0, 0.1) is 11.2 Å². The summed E-state index contributed by atoms with van der Waals surface area (Å²) in [5, 5.41) is 9.56. The van der Waals surface area contributed by atoms with E-state index in [1.807, 2.05) is 43.7 Å². The average Bonchev–Trinajstić information content (AvgIpc) is 3.03. The number of halogens is 1. The lowest BCUT2D eigenvalue weighted by atomic mass is 10.1. The van der Waals surface area contributed by atoms with E-state index in [1.165, 1.54) is 6.07 Å². The van der Waals surface area contributed by atoms with Crippen molar-refractivity contribution in [1.82, 2.24) is 4.57 Å². The number of allylic oxidation sites excluding steroid dienone is 2. The number of nitrogens with zero attached hydrogens (tertiary/aromatic N) is 1. The van der Waals surface area contributed by atoms with Gasteiger partial charge in [0.05, 0.1) is 6.54 Å². The Kier molecular flexibility index (Phi) is 9.13. The Labute approximate surface area is 155 Å². The van der Waals surface area contributed by atoms with Crippen LogP contribution in [-0.4, -0.2) is 10.4 Å². The minimum atomic E-state index is -0.342. The van der Waals surface area contributed by atoms with Crippen molar-refractivity contribution in [3.8, 4) is 0 Å². The van der Waals surface area contributed by atoms with Crippen molar-refractivity contribution in [2.24, 2.45) is 5.73 Å². The Hall–Kier alpha value is -2.62. The summed E-state index contributed by atoms with van der Waals surface area (Å²) in [7, 11) is 0. The maximum absolute atomic E-state index is 14.3. The molecule has 0 atom stereocenters. The Morgan fingerprint density at radius 1 is 1.27 bits per heavy atom. The number of aromatic nitrogens is 1. The van der Waals surface area contributed by atoms with Gasteiger partial charge in [0.2, 0.25) is 0 Å². The molecule has 0 aliphatic rings. The summed E-state index contributed by atoms with van der Waals surface area (Å²) in [6.07, 6.45) is 12.4. The van der Waals surface area contributed by atoms with E-state index < -0.39 is 0 Å². The molecule has 4 heteroatoms. The second-order valence-electron chi connectivity index (χ2n) is 5.68. The normalized spacial score (nSPS) is 12.3. The summed E-state index contributed by atoms with van der Waals surface area (Å²) >= 11 is 0. The zero-order chi connectivity index (χ0) is 19.5. The highest BCUT2D eigenvalue weighted by atomic mass is 19.1. The Bertz CT molecular complexity index is 860. The molecule has 2 rings (SSSR count). The summed E-state index contributed by atoms with van der Waals surface area (Å²) < 4.78 is 16.3. The number of nitrogens with two attached hydrogens (primary N) is 1. The van der Waals surface area contributed by atoms with E-state index in [4.69, 9.17) is 11.1 Å². The van der Waals surface area contributed by atoms with E-state index in [0.717, 1.165) is 23.4 Å². The molecule has 3 N–H and O–H groups in total. The van der Waals surface area contributed by atoms with Crippen LogP contribution in [0.15, 0.2) is 42.6 Å². The van der Waals surface area contributed by atoms with Gasteiger partial charge < -0.3 is 10.3 Å². The van der Waals surface area contributed by atoms with Gasteiger partial charge in [0.25, 0.3) is 0 Å². The van der Waals surface area contributed by atoms with Gasteiger partial charge in [-0.2, -0.15) is 0 Å². The molecular weight excluding hydrogens is 325 g/mol. The fraction of sp³-hybridized carbons (Fsp3) is 0.318. The van der Waals surface area contributed by atoms with E-state index in [0.29, 0.717) is 17.7 Å². The fourth-order valence-electron chi connectivity index (χ4n) is 2.52. The molecule has 0 aliphatic heterocycles. The van der Waals surface area contributed by atoms with Crippen LogP contribution in [0.3, 0.4) is 0 Å². The number of nitrogens with one attached hydrogen (secondary N) is 1. The number of hydrogen-bond donors (Lipinski definition) is 2. The molecule has 0 amide bonds. The third kappa shape index (κ3) is 5.73. The van der Waals surface area contributed by atoms with E-state index in [1.54, 1.807) is 12.1 Å². The second-order valence-corrected chi connectivity index (χ2v) is 5.68. The van der Waals surface area contributed by atoms with Gasteiger partial charge in [-0.3, -0.25) is 5.41 Å². The summed E-state index contributed by atoms with van der Waals surface area (Å²) in [6.45, 7) is 8.58. The van der Waals surface area contributed by atoms with Crippen molar-refractivity contribution >= 4 is 18.0 Å². The smallest absolute Gasteiger partial charge is 0.128 e. The van der Waals surface area contributed by atoms with Crippen LogP contribution in [0.25, 0.3) is 12.2 Å². The third-order valence-electron chi connectivity index (χ3n) is 3.90. The van der Waals surface area contributed by atoms with Crippen LogP contribution in [0.2, 0.25) is 0 Å². The minimum Gasteiger partial charge on any atom is -0.384 e. The summed E-state index contributed by atoms with van der Waals surface area (Å²) in [5.74, 6) is -0.467. The molecule has 0 unspecified atom stereocenters. The molecule has 1 aromatic heterocycles. The first-order chi connectivity index (χ1) is 12.6. The van der Waals surface area contributed by atoms with Gasteiger partial charge in [0, 0.05) is 22.7 Å². The molecule has 0 radical (unpaired) electrons. The molecule has 0 saturated heterocycles. The molecule has 0 bridgehead atoms. The molecule has 3 nitrogen and oxygen atoms in total. The van der Waals surface area contributed by atoms with Crippen molar-refractivity contribution in [1.29, 1.82) is 5.41 Å². The summed E-state index contributed by atoms with van der Waals surface area (Å²) in [5.41, 5.74) is 6.38. The van der Waals surface area contributed by atoms with Crippen LogP contribution in [0.1, 0.15) is 51.7 Å². The number of hydrogen-bond acceptors (Lipinski definition) is 1. The third-order valence-corrected chi connectivity index (χ3v) is 3.90. The average molecular weight is 356 g/mol. The standard InChI is InChI=1S/C20H24FN3.C2H6/c1-3-5-6-7-8-19-15(4-2)11-12-24(19)14-17-10-9-16(20(22)23)13-18(17)21;1-2/h4,6-13H,3,5,14H2,1-2H3,(H3,22,23);1-2H3/b7-6-,15-4-,19-8+;. The molecule has 1 heterocycles. The van der Waals surface area contributed by atoms with Crippen molar-refractivity contribution in [3.05, 3.63) is 70.1 Å². The Morgan fingerprint density at radius 2 is 2.00 bits per heavy atom. The van der Waals surface area contributed by atoms with E-state index in [2.05, 4.69) is 25.2 Å². The molecule has 0 saturated carbocycles. The fourth-order valence-corrected chi connectivity index (χ4v) is 2.52. The quantitative estimate of drug-likeness (QED) is 0.599. The Balaban J connectivity index is 0.00000163. The maximum Gasteiger partial charge on any atom is 0.128 e. The first-order valence-electron chi connectivity index (χ1n) is 9.18. The van der Waals surface area contributed by atoms with Gasteiger partial charge in [0.15, 0.2) is 0 Å². The van der Waals surface area contributed by atoms with Crippen LogP contribution < -0.4 is 16.3 Å². The number of unbranched alkanes of at least 4 members (excludes halogenated alkanes) is 1. The summed E-state index contributed by atoms with van der Waals surface area (Å²) in [4.78, 5) is 0.